The van der Waals surface area contributed by atoms with Crippen molar-refractivity contribution in [2.75, 3.05) is 13.8 Å². The molecule has 0 aliphatic heterocycles. The van der Waals surface area contributed by atoms with Crippen LogP contribution in [-0.2, 0) is 9.53 Å². The van der Waals surface area contributed by atoms with Crippen molar-refractivity contribution in [3.05, 3.63) is 11.6 Å². The number of allylic oxidation sites excluding steroid dienone is 1. The lowest BCUT2D eigenvalue weighted by Crippen LogP contribution is -2.01. The predicted molar refractivity (Wildman–Crippen MR) is 31.7 cm³/mol. The third kappa shape index (κ3) is 2.85. The van der Waals surface area contributed by atoms with Crippen LogP contribution in [0.4, 0.5) is 4.39 Å². The van der Waals surface area contributed by atoms with Gasteiger partial charge in [-0.1, -0.05) is 0 Å². The quantitative estimate of drug-likeness (QED) is 0.415. The minimum atomic E-state index is -0.624. The molecule has 0 aliphatic rings. The summed E-state index contributed by atoms with van der Waals surface area (Å²) in [4.78, 5) is 10.4. The van der Waals surface area contributed by atoms with Gasteiger partial charge >= 0.3 is 5.97 Å². The molecule has 0 heterocycles. The minimum absolute atomic E-state index is 0.306. The van der Waals surface area contributed by atoms with Crippen molar-refractivity contribution in [2.45, 2.75) is 6.92 Å². The highest BCUT2D eigenvalue weighted by molar-refractivity contribution is 5.87. The Balaban J connectivity index is 3.86. The lowest BCUT2D eigenvalue weighted by Gasteiger charge is -1.94. The van der Waals surface area contributed by atoms with E-state index in [1.54, 1.807) is 0 Å². The summed E-state index contributed by atoms with van der Waals surface area (Å²) in [5, 5.41) is 0. The Labute approximate surface area is 53.3 Å². The zero-order chi connectivity index (χ0) is 7.28. The molecule has 3 heteroatoms. The van der Waals surface area contributed by atoms with Gasteiger partial charge in [-0.2, -0.15) is 0 Å². The predicted octanol–water partition coefficient (Wildman–Crippen LogP) is 1.08. The molecule has 0 spiro atoms. The van der Waals surface area contributed by atoms with Gasteiger partial charge in [0.05, 0.1) is 7.11 Å². The van der Waals surface area contributed by atoms with E-state index in [1.807, 2.05) is 0 Å². The van der Waals surface area contributed by atoms with Crippen molar-refractivity contribution < 1.29 is 13.9 Å². The van der Waals surface area contributed by atoms with Crippen LogP contribution in [0, 0.1) is 0 Å². The molecule has 0 saturated heterocycles. The van der Waals surface area contributed by atoms with E-state index in [2.05, 4.69) is 4.74 Å². The summed E-state index contributed by atoms with van der Waals surface area (Å²) in [7, 11) is 1.26. The molecular weight excluding hydrogens is 123 g/mol. The molecule has 0 aliphatic carbocycles. The fourth-order valence-corrected chi connectivity index (χ4v) is 0.360. The Morgan fingerprint density at radius 2 is 2.33 bits per heavy atom. The largest absolute Gasteiger partial charge is 0.466 e. The van der Waals surface area contributed by atoms with Crippen LogP contribution in [0.25, 0.3) is 0 Å². The fourth-order valence-electron chi connectivity index (χ4n) is 0.360. The Bertz CT molecular complexity index is 129. The van der Waals surface area contributed by atoms with Gasteiger partial charge in [-0.05, 0) is 13.0 Å². The minimum Gasteiger partial charge on any atom is -0.466 e. The summed E-state index contributed by atoms with van der Waals surface area (Å²) in [6.45, 7) is 0.881. The Kier molecular flexibility index (Phi) is 3.67. The smallest absolute Gasteiger partial charge is 0.333 e. The highest BCUT2D eigenvalue weighted by Gasteiger charge is 1.99. The average Bonchev–Trinajstić information content (AvgIpc) is 1.87. The highest BCUT2D eigenvalue weighted by Crippen LogP contribution is 1.94. The summed E-state index contributed by atoms with van der Waals surface area (Å²) in [5.41, 5.74) is 0.306. The molecule has 0 aromatic carbocycles. The van der Waals surface area contributed by atoms with Crippen molar-refractivity contribution in [3.63, 3.8) is 0 Å². The number of halogens is 1. The van der Waals surface area contributed by atoms with E-state index in [1.165, 1.54) is 20.1 Å². The van der Waals surface area contributed by atoms with Crippen molar-refractivity contribution >= 4 is 5.97 Å². The number of alkyl halides is 1. The van der Waals surface area contributed by atoms with E-state index >= 15 is 0 Å². The number of hydrogen-bond acceptors (Lipinski definition) is 2. The third-order valence-corrected chi connectivity index (χ3v) is 0.891. The van der Waals surface area contributed by atoms with Gasteiger partial charge in [-0.3, -0.25) is 0 Å². The standard InChI is InChI=1S/C6H9FO2/c1-5(3-4-7)6(8)9-2/h3H,4H2,1-2H3. The van der Waals surface area contributed by atoms with E-state index < -0.39 is 12.6 Å². The van der Waals surface area contributed by atoms with Crippen molar-refractivity contribution in [1.29, 1.82) is 0 Å². The monoisotopic (exact) mass is 132 g/mol. The van der Waals surface area contributed by atoms with Crippen LogP contribution in [0.15, 0.2) is 11.6 Å². The van der Waals surface area contributed by atoms with Gasteiger partial charge in [0.2, 0.25) is 0 Å². The van der Waals surface area contributed by atoms with Gasteiger partial charge in [0.15, 0.2) is 0 Å². The Hall–Kier alpha value is -0.860. The van der Waals surface area contributed by atoms with Crippen LogP contribution in [0.1, 0.15) is 6.92 Å². The topological polar surface area (TPSA) is 26.3 Å². The number of carbonyl (C=O) groups excluding carboxylic acids is 1. The molecule has 52 valence electrons. The fraction of sp³-hybridized carbons (Fsp3) is 0.500. The van der Waals surface area contributed by atoms with E-state index in [-0.39, 0.29) is 0 Å². The molecule has 0 N–H and O–H groups in total. The summed E-state index contributed by atoms with van der Waals surface area (Å²) in [6, 6.07) is 0. The summed E-state index contributed by atoms with van der Waals surface area (Å²) >= 11 is 0. The van der Waals surface area contributed by atoms with E-state index in [4.69, 9.17) is 0 Å². The molecule has 0 bridgehead atoms. The van der Waals surface area contributed by atoms with Gasteiger partial charge in [0.25, 0.3) is 0 Å². The number of ether oxygens (including phenoxy) is 1. The zero-order valence-corrected chi connectivity index (χ0v) is 5.48. The van der Waals surface area contributed by atoms with Crippen LogP contribution in [-0.4, -0.2) is 19.8 Å². The molecule has 2 nitrogen and oxygen atoms in total. The lowest BCUT2D eigenvalue weighted by atomic mass is 10.3. The molecule has 0 aromatic rings. The van der Waals surface area contributed by atoms with E-state index in [0.717, 1.165) is 0 Å². The molecule has 0 radical (unpaired) electrons. The molecular formula is C6H9FO2. The maximum Gasteiger partial charge on any atom is 0.333 e. The van der Waals surface area contributed by atoms with Crippen LogP contribution < -0.4 is 0 Å². The van der Waals surface area contributed by atoms with Crippen molar-refractivity contribution in [2.24, 2.45) is 0 Å². The molecule has 0 rings (SSSR count). The van der Waals surface area contributed by atoms with Crippen molar-refractivity contribution in [3.8, 4) is 0 Å². The summed E-state index contributed by atoms with van der Waals surface area (Å²) in [5.74, 6) is -0.479. The number of hydrogen-bond donors (Lipinski definition) is 0. The number of esters is 1. The van der Waals surface area contributed by atoms with Crippen molar-refractivity contribution in [1.82, 2.24) is 0 Å². The van der Waals surface area contributed by atoms with Gasteiger partial charge in [0, 0.05) is 5.57 Å². The van der Waals surface area contributed by atoms with E-state index in [0.29, 0.717) is 5.57 Å². The second-order valence-corrected chi connectivity index (χ2v) is 1.53. The Morgan fingerprint density at radius 3 is 2.67 bits per heavy atom. The number of rotatable bonds is 2. The van der Waals surface area contributed by atoms with Crippen LogP contribution in [0.3, 0.4) is 0 Å². The second-order valence-electron chi connectivity index (χ2n) is 1.53. The highest BCUT2D eigenvalue weighted by atomic mass is 19.1. The van der Waals surface area contributed by atoms with Crippen LogP contribution in [0.5, 0.6) is 0 Å². The SMILES string of the molecule is COC(=O)C(C)=CCF. The van der Waals surface area contributed by atoms with Gasteiger partial charge in [-0.25, -0.2) is 9.18 Å². The third-order valence-electron chi connectivity index (χ3n) is 0.891. The average molecular weight is 132 g/mol. The maximum absolute atomic E-state index is 11.5. The van der Waals surface area contributed by atoms with Crippen LogP contribution >= 0.6 is 0 Å². The Morgan fingerprint density at radius 1 is 1.78 bits per heavy atom. The summed E-state index contributed by atoms with van der Waals surface area (Å²) < 4.78 is 15.7. The first-order valence-corrected chi connectivity index (χ1v) is 2.53. The van der Waals surface area contributed by atoms with Crippen LogP contribution in [0.2, 0.25) is 0 Å². The number of carbonyl (C=O) groups is 1. The molecule has 0 aromatic heterocycles. The molecule has 0 atom stereocenters. The molecule has 0 saturated carbocycles. The first-order valence-electron chi connectivity index (χ1n) is 2.53. The van der Waals surface area contributed by atoms with E-state index in [9.17, 15) is 9.18 Å². The molecule has 0 fully saturated rings. The zero-order valence-electron chi connectivity index (χ0n) is 5.48. The van der Waals surface area contributed by atoms with Gasteiger partial charge in [0.1, 0.15) is 6.67 Å². The molecule has 9 heavy (non-hydrogen) atoms. The lowest BCUT2D eigenvalue weighted by molar-refractivity contribution is -0.136. The maximum atomic E-state index is 11.5. The summed E-state index contributed by atoms with van der Waals surface area (Å²) in [6.07, 6.45) is 1.17. The first-order chi connectivity index (χ1) is 4.22. The van der Waals surface area contributed by atoms with Gasteiger partial charge in [-0.15, -0.1) is 0 Å². The van der Waals surface area contributed by atoms with Gasteiger partial charge < -0.3 is 4.74 Å². The molecule has 0 amide bonds. The first kappa shape index (κ1) is 8.14. The normalized spacial score (nSPS) is 11.2. The second kappa shape index (κ2) is 4.06. The molecule has 0 unspecified atom stereocenters. The number of methoxy groups -OCH3 is 1.